The summed E-state index contributed by atoms with van der Waals surface area (Å²) in [4.78, 5) is 0.273. The molecule has 4 aromatic rings. The number of aromatic hydroxyl groups is 1. The van der Waals surface area contributed by atoms with Crippen LogP contribution in [-0.4, -0.2) is 67.7 Å². The zero-order valence-electron chi connectivity index (χ0n) is 19.8. The van der Waals surface area contributed by atoms with Gasteiger partial charge in [-0.05, 0) is 53.8 Å². The number of anilines is 3. The summed E-state index contributed by atoms with van der Waals surface area (Å²) in [5.41, 5.74) is 7.33. The highest BCUT2D eigenvalue weighted by Crippen LogP contribution is 2.44. The Morgan fingerprint density at radius 2 is 1.79 bits per heavy atom. The van der Waals surface area contributed by atoms with Gasteiger partial charge in [-0.3, -0.25) is 20.1 Å². The smallest absolute Gasteiger partial charge is 0.294 e. The molecule has 202 valence electrons. The SMILES string of the molecule is CS(=O)(=O)Nc1cccc2c(O)c(SN3CCOCC3)cc(NNc3snc4ccc(S(=O)(=O)O)cc34)c12. The van der Waals surface area contributed by atoms with Gasteiger partial charge in [0.25, 0.3) is 10.1 Å². The van der Waals surface area contributed by atoms with Crippen LogP contribution in [-0.2, 0) is 24.9 Å². The minimum absolute atomic E-state index is 0.000210. The van der Waals surface area contributed by atoms with Crippen LogP contribution in [0.2, 0.25) is 0 Å². The standard InChI is InChI=1S/C22H23N5O7S4/c1-37(29,30)26-17-4-2-3-14-20(17)18(12-19(21(14)28)36-27-7-9-34-10-8-27)23-24-22-15-11-13(38(31,32)33)5-6-16(15)25-35-22/h2-6,11-12,23-24,26,28H,7-10H2,1H3,(H,31,32,33). The third kappa shape index (κ3) is 5.75. The molecular weight excluding hydrogens is 575 g/mol. The first kappa shape index (κ1) is 26.7. The summed E-state index contributed by atoms with van der Waals surface area (Å²) in [6, 6.07) is 10.7. The van der Waals surface area contributed by atoms with E-state index in [1.54, 1.807) is 24.3 Å². The molecule has 0 bridgehead atoms. The Balaban J connectivity index is 1.58. The van der Waals surface area contributed by atoms with Gasteiger partial charge in [-0.15, -0.1) is 0 Å². The van der Waals surface area contributed by atoms with E-state index in [4.69, 9.17) is 4.74 Å². The van der Waals surface area contributed by atoms with E-state index in [2.05, 4.69) is 24.3 Å². The van der Waals surface area contributed by atoms with Crippen molar-refractivity contribution in [2.45, 2.75) is 9.79 Å². The Kier molecular flexibility index (Phi) is 7.29. The molecule has 1 aliphatic rings. The number of hydrazine groups is 1. The summed E-state index contributed by atoms with van der Waals surface area (Å²) in [5.74, 6) is 0.000210. The summed E-state index contributed by atoms with van der Waals surface area (Å²) < 4.78 is 71.1. The number of benzene rings is 3. The number of morpholine rings is 1. The molecule has 3 aromatic carbocycles. The van der Waals surface area contributed by atoms with Crippen LogP contribution >= 0.6 is 23.5 Å². The molecule has 0 radical (unpaired) electrons. The number of sulfonamides is 1. The van der Waals surface area contributed by atoms with E-state index < -0.39 is 20.1 Å². The Labute approximate surface area is 227 Å². The predicted molar refractivity (Wildman–Crippen MR) is 149 cm³/mol. The van der Waals surface area contributed by atoms with Crippen LogP contribution in [0.4, 0.5) is 16.4 Å². The minimum atomic E-state index is -4.41. The first-order valence-corrected chi connectivity index (χ1v) is 16.0. The molecule has 12 nitrogen and oxygen atoms in total. The summed E-state index contributed by atoms with van der Waals surface area (Å²) >= 11 is 2.43. The fourth-order valence-corrected chi connectivity index (χ4v) is 6.73. The number of rotatable bonds is 8. The molecule has 0 spiro atoms. The summed E-state index contributed by atoms with van der Waals surface area (Å²) in [6.45, 7) is 2.48. The molecule has 0 amide bonds. The summed E-state index contributed by atoms with van der Waals surface area (Å²) in [7, 11) is -8.05. The van der Waals surface area contributed by atoms with E-state index in [-0.39, 0.29) is 16.3 Å². The summed E-state index contributed by atoms with van der Waals surface area (Å²) in [6.07, 6.45) is 1.04. The van der Waals surface area contributed by atoms with Crippen molar-refractivity contribution in [3.05, 3.63) is 42.5 Å². The zero-order chi connectivity index (χ0) is 27.1. The molecule has 1 fully saturated rings. The maximum Gasteiger partial charge on any atom is 0.294 e. The van der Waals surface area contributed by atoms with E-state index in [1.807, 2.05) is 0 Å². The van der Waals surface area contributed by atoms with Crippen molar-refractivity contribution < 1.29 is 31.2 Å². The maximum absolute atomic E-state index is 12.1. The van der Waals surface area contributed by atoms with Gasteiger partial charge in [-0.2, -0.15) is 12.8 Å². The minimum Gasteiger partial charge on any atom is -0.506 e. The highest BCUT2D eigenvalue weighted by molar-refractivity contribution is 7.97. The Morgan fingerprint density at radius 1 is 1.03 bits per heavy atom. The van der Waals surface area contributed by atoms with Gasteiger partial charge in [-0.25, -0.2) is 12.7 Å². The third-order valence-corrected chi connectivity index (χ3v) is 9.01. The van der Waals surface area contributed by atoms with E-state index in [0.29, 0.717) is 63.6 Å². The fourth-order valence-electron chi connectivity index (χ4n) is 3.97. The van der Waals surface area contributed by atoms with Crippen molar-refractivity contribution in [1.82, 2.24) is 8.68 Å². The molecule has 1 aromatic heterocycles. The molecule has 5 N–H and O–H groups in total. The molecule has 0 aliphatic carbocycles. The van der Waals surface area contributed by atoms with E-state index >= 15 is 0 Å². The number of ether oxygens (including phenoxy) is 1. The Morgan fingerprint density at radius 3 is 2.50 bits per heavy atom. The van der Waals surface area contributed by atoms with E-state index in [0.717, 1.165) is 17.8 Å². The molecule has 1 saturated heterocycles. The van der Waals surface area contributed by atoms with Crippen molar-refractivity contribution in [2.75, 3.05) is 48.1 Å². The lowest BCUT2D eigenvalue weighted by Crippen LogP contribution is -2.30. The monoisotopic (exact) mass is 597 g/mol. The second-order valence-corrected chi connectivity index (χ2v) is 13.5. The molecular formula is C22H23N5O7S4. The van der Waals surface area contributed by atoms with Crippen LogP contribution in [0, 0.1) is 0 Å². The zero-order valence-corrected chi connectivity index (χ0v) is 23.1. The van der Waals surface area contributed by atoms with E-state index in [9.17, 15) is 26.5 Å². The van der Waals surface area contributed by atoms with Crippen molar-refractivity contribution >= 4 is 81.7 Å². The topological polar surface area (TPSA) is 170 Å². The van der Waals surface area contributed by atoms with Crippen molar-refractivity contribution in [2.24, 2.45) is 0 Å². The average molecular weight is 598 g/mol. The second kappa shape index (κ2) is 10.4. The molecule has 0 unspecified atom stereocenters. The summed E-state index contributed by atoms with van der Waals surface area (Å²) in [5, 5.41) is 12.9. The van der Waals surface area contributed by atoms with Gasteiger partial charge in [0.05, 0.1) is 46.2 Å². The lowest BCUT2D eigenvalue weighted by Gasteiger charge is -2.26. The number of phenolic OH excluding ortho intramolecular Hbond substituents is 1. The predicted octanol–water partition coefficient (Wildman–Crippen LogP) is 3.55. The van der Waals surface area contributed by atoms with Crippen molar-refractivity contribution in [3.8, 4) is 5.75 Å². The number of nitrogens with one attached hydrogen (secondary N) is 3. The van der Waals surface area contributed by atoms with Crippen LogP contribution in [0.25, 0.3) is 21.7 Å². The van der Waals surface area contributed by atoms with Crippen LogP contribution in [0.3, 0.4) is 0 Å². The first-order valence-electron chi connectivity index (χ1n) is 11.2. The van der Waals surface area contributed by atoms with Gasteiger partial charge < -0.3 is 9.84 Å². The molecule has 38 heavy (non-hydrogen) atoms. The quantitative estimate of drug-likeness (QED) is 0.0867. The highest BCUT2D eigenvalue weighted by Gasteiger charge is 2.21. The van der Waals surface area contributed by atoms with Gasteiger partial charge in [0.2, 0.25) is 10.0 Å². The number of hydrogen-bond donors (Lipinski definition) is 5. The first-order chi connectivity index (χ1) is 18.0. The molecule has 0 atom stereocenters. The maximum atomic E-state index is 12.1. The number of nitrogens with zero attached hydrogens (tertiary/aromatic N) is 2. The van der Waals surface area contributed by atoms with Gasteiger partial charge >= 0.3 is 0 Å². The Bertz CT molecular complexity index is 1740. The largest absolute Gasteiger partial charge is 0.506 e. The van der Waals surface area contributed by atoms with Gasteiger partial charge in [-0.1, -0.05) is 12.1 Å². The van der Waals surface area contributed by atoms with Crippen LogP contribution in [0.1, 0.15) is 0 Å². The number of fused-ring (bicyclic) bond motifs is 2. The number of phenols is 1. The average Bonchev–Trinajstić information content (AvgIpc) is 3.26. The third-order valence-electron chi connectivity index (χ3n) is 5.65. The highest BCUT2D eigenvalue weighted by atomic mass is 32.2. The van der Waals surface area contributed by atoms with E-state index in [1.165, 1.54) is 30.1 Å². The lowest BCUT2D eigenvalue weighted by atomic mass is 10.1. The van der Waals surface area contributed by atoms with Gasteiger partial charge in [0.15, 0.2) is 0 Å². The molecule has 0 saturated carbocycles. The Hall–Kier alpha value is -2.86. The normalized spacial score (nSPS) is 15.1. The fraction of sp³-hybridized carbons (Fsp3) is 0.227. The van der Waals surface area contributed by atoms with Crippen LogP contribution in [0.15, 0.2) is 52.3 Å². The molecule has 2 heterocycles. The van der Waals surface area contributed by atoms with Gasteiger partial charge in [0, 0.05) is 29.2 Å². The number of aromatic nitrogens is 1. The molecule has 1 aliphatic heterocycles. The molecule has 5 rings (SSSR count). The second-order valence-electron chi connectivity index (χ2n) is 8.42. The van der Waals surface area contributed by atoms with Crippen molar-refractivity contribution in [3.63, 3.8) is 0 Å². The van der Waals surface area contributed by atoms with Crippen LogP contribution < -0.4 is 15.6 Å². The van der Waals surface area contributed by atoms with Crippen molar-refractivity contribution in [1.29, 1.82) is 0 Å². The lowest BCUT2D eigenvalue weighted by molar-refractivity contribution is 0.0773. The van der Waals surface area contributed by atoms with Crippen LogP contribution in [0.5, 0.6) is 5.75 Å². The number of hydrogen-bond acceptors (Lipinski definition) is 12. The molecule has 16 heteroatoms. The van der Waals surface area contributed by atoms with Gasteiger partial charge in [0.1, 0.15) is 10.8 Å².